The van der Waals surface area contributed by atoms with Crippen molar-refractivity contribution in [1.29, 1.82) is 0 Å². The molecule has 0 aromatic heterocycles. The van der Waals surface area contributed by atoms with Crippen molar-refractivity contribution < 1.29 is 4.48 Å². The molecule has 0 saturated carbocycles. The van der Waals surface area contributed by atoms with E-state index < -0.39 is 0 Å². The molecule has 1 heterocycles. The second kappa shape index (κ2) is 3.45. The maximum absolute atomic E-state index is 6.27. The number of nitrogens with two attached hydrogens (primary N) is 2. The second-order valence-electron chi connectivity index (χ2n) is 4.45. The number of benzene rings is 1. The van der Waals surface area contributed by atoms with Gasteiger partial charge in [-0.1, -0.05) is 24.3 Å². The molecule has 0 radical (unpaired) electrons. The molecule has 1 aromatic rings. The van der Waals surface area contributed by atoms with Crippen molar-refractivity contribution >= 4 is 6.08 Å². The van der Waals surface area contributed by atoms with E-state index in [1.54, 1.807) is 0 Å². The minimum Gasteiger partial charge on any atom is -0.322 e. The van der Waals surface area contributed by atoms with Crippen molar-refractivity contribution in [2.24, 2.45) is 11.5 Å². The van der Waals surface area contributed by atoms with Crippen LogP contribution in [-0.4, -0.2) is 25.1 Å². The van der Waals surface area contributed by atoms with E-state index in [4.69, 9.17) is 11.5 Å². The van der Waals surface area contributed by atoms with Crippen LogP contribution in [0.2, 0.25) is 0 Å². The van der Waals surface area contributed by atoms with Crippen molar-refractivity contribution in [3.05, 3.63) is 41.1 Å². The van der Waals surface area contributed by atoms with Gasteiger partial charge >= 0.3 is 0 Å². The molecule has 0 saturated heterocycles. The maximum atomic E-state index is 6.27. The van der Waals surface area contributed by atoms with Gasteiger partial charge in [0.05, 0.1) is 20.6 Å². The fourth-order valence-corrected chi connectivity index (χ4v) is 2.08. The van der Waals surface area contributed by atoms with Crippen LogP contribution in [0.3, 0.4) is 0 Å². The largest absolute Gasteiger partial charge is 0.322 e. The highest BCUT2D eigenvalue weighted by Gasteiger charge is 2.35. The van der Waals surface area contributed by atoms with Gasteiger partial charge in [-0.2, -0.15) is 0 Å². The molecule has 4 N–H and O–H groups in total. The summed E-state index contributed by atoms with van der Waals surface area (Å²) in [6.07, 6.45) is 2.13. The zero-order valence-corrected chi connectivity index (χ0v) is 9.27. The molecule has 3 heteroatoms. The van der Waals surface area contributed by atoms with E-state index in [0.717, 1.165) is 0 Å². The molecule has 2 rings (SSSR count). The van der Waals surface area contributed by atoms with Gasteiger partial charge in [-0.25, -0.2) is 0 Å². The van der Waals surface area contributed by atoms with Crippen LogP contribution in [0.25, 0.3) is 6.08 Å². The lowest BCUT2D eigenvalue weighted by atomic mass is 9.97. The highest BCUT2D eigenvalue weighted by Crippen LogP contribution is 2.33. The monoisotopic (exact) mass is 204 g/mol. The fraction of sp³-hybridized carbons (Fsp3) is 0.333. The summed E-state index contributed by atoms with van der Waals surface area (Å²) in [5.74, 6) is 0. The Bertz CT molecular complexity index is 407. The summed E-state index contributed by atoms with van der Waals surface area (Å²) in [5, 5.41) is 0. The number of hydrogen-bond donors (Lipinski definition) is 2. The number of nitrogens with zero attached hydrogens (tertiary/aromatic N) is 1. The van der Waals surface area contributed by atoms with Crippen molar-refractivity contribution in [2.45, 2.75) is 6.17 Å². The molecule has 0 amide bonds. The van der Waals surface area contributed by atoms with E-state index in [1.165, 1.54) is 16.8 Å². The number of quaternary nitrogens is 1. The van der Waals surface area contributed by atoms with Crippen molar-refractivity contribution in [1.82, 2.24) is 0 Å². The quantitative estimate of drug-likeness (QED) is 0.671. The Hall–Kier alpha value is -1.16. The Balaban J connectivity index is 2.59. The first-order valence-corrected chi connectivity index (χ1v) is 5.16. The summed E-state index contributed by atoms with van der Waals surface area (Å²) in [4.78, 5) is 0. The maximum Gasteiger partial charge on any atom is 0.171 e. The molecule has 0 bridgehead atoms. The van der Waals surface area contributed by atoms with Crippen LogP contribution in [0, 0.1) is 0 Å². The molecule has 1 atom stereocenters. The highest BCUT2D eigenvalue weighted by atomic mass is 15.4. The number of rotatable bonds is 1. The highest BCUT2D eigenvalue weighted by molar-refractivity contribution is 5.58. The lowest BCUT2D eigenvalue weighted by Gasteiger charge is -2.40. The minimum absolute atomic E-state index is 0.0234. The van der Waals surface area contributed by atoms with Crippen LogP contribution in [0.5, 0.6) is 0 Å². The summed E-state index contributed by atoms with van der Waals surface area (Å²) in [5.41, 5.74) is 15.6. The smallest absolute Gasteiger partial charge is 0.171 e. The third-order valence-electron chi connectivity index (χ3n) is 3.28. The average Bonchev–Trinajstić information content (AvgIpc) is 2.23. The Morgan fingerprint density at radius 3 is 2.60 bits per heavy atom. The van der Waals surface area contributed by atoms with E-state index >= 15 is 0 Å². The molecular formula is C12H18N3+. The zero-order chi connectivity index (χ0) is 11.1. The normalized spacial score (nSPS) is 23.2. The average molecular weight is 204 g/mol. The topological polar surface area (TPSA) is 52.0 Å². The predicted octanol–water partition coefficient (Wildman–Crippen LogP) is 1.03. The summed E-state index contributed by atoms with van der Waals surface area (Å²) in [7, 11) is 4.19. The van der Waals surface area contributed by atoms with Crippen LogP contribution < -0.4 is 11.5 Å². The SMILES string of the molecule is C[N+]1(C)C(CN)=Cc2ccccc2C1N. The van der Waals surface area contributed by atoms with Gasteiger partial charge in [0.2, 0.25) is 0 Å². The Labute approximate surface area is 90.6 Å². The van der Waals surface area contributed by atoms with Crippen LogP contribution in [0.1, 0.15) is 17.3 Å². The van der Waals surface area contributed by atoms with Gasteiger partial charge in [-0.05, 0) is 5.56 Å². The van der Waals surface area contributed by atoms with Crippen LogP contribution in [0.4, 0.5) is 0 Å². The van der Waals surface area contributed by atoms with Crippen LogP contribution in [0.15, 0.2) is 30.0 Å². The Kier molecular flexibility index (Phi) is 2.38. The first-order chi connectivity index (χ1) is 7.07. The van der Waals surface area contributed by atoms with Crippen molar-refractivity contribution in [2.75, 3.05) is 20.6 Å². The van der Waals surface area contributed by atoms with Gasteiger partial charge in [-0.15, -0.1) is 0 Å². The lowest BCUT2D eigenvalue weighted by molar-refractivity contribution is -0.884. The third kappa shape index (κ3) is 1.49. The van der Waals surface area contributed by atoms with Crippen LogP contribution >= 0.6 is 0 Å². The van der Waals surface area contributed by atoms with E-state index in [0.29, 0.717) is 11.0 Å². The van der Waals surface area contributed by atoms with E-state index in [9.17, 15) is 0 Å². The molecule has 0 fully saturated rings. The molecule has 15 heavy (non-hydrogen) atoms. The summed E-state index contributed by atoms with van der Waals surface area (Å²) in [6.45, 7) is 0.551. The lowest BCUT2D eigenvalue weighted by Crippen LogP contribution is -2.50. The molecular weight excluding hydrogens is 186 g/mol. The third-order valence-corrected chi connectivity index (χ3v) is 3.28. The molecule has 0 aliphatic carbocycles. The Morgan fingerprint density at radius 1 is 1.27 bits per heavy atom. The zero-order valence-electron chi connectivity index (χ0n) is 9.27. The molecule has 3 nitrogen and oxygen atoms in total. The molecule has 1 aliphatic heterocycles. The first kappa shape index (κ1) is 10.4. The van der Waals surface area contributed by atoms with Crippen LogP contribution in [-0.2, 0) is 0 Å². The van der Waals surface area contributed by atoms with Gasteiger partial charge < -0.3 is 5.73 Å². The van der Waals surface area contributed by atoms with Crippen molar-refractivity contribution in [3.63, 3.8) is 0 Å². The van der Waals surface area contributed by atoms with Gasteiger partial charge in [0.15, 0.2) is 6.17 Å². The molecule has 80 valence electrons. The van der Waals surface area contributed by atoms with Gasteiger partial charge in [0.1, 0.15) is 5.70 Å². The number of likely N-dealkylation sites (N-methyl/N-ethyl adjacent to an activating group) is 1. The molecule has 1 aliphatic rings. The predicted molar refractivity (Wildman–Crippen MR) is 62.5 cm³/mol. The van der Waals surface area contributed by atoms with E-state index in [1.807, 2.05) is 12.1 Å². The second-order valence-corrected chi connectivity index (χ2v) is 4.45. The molecule has 0 spiro atoms. The number of fused-ring (bicyclic) bond motifs is 1. The fourth-order valence-electron chi connectivity index (χ4n) is 2.08. The first-order valence-electron chi connectivity index (χ1n) is 5.16. The molecule has 1 unspecified atom stereocenters. The summed E-state index contributed by atoms with van der Waals surface area (Å²) in [6, 6.07) is 8.23. The van der Waals surface area contributed by atoms with Gasteiger partial charge in [0.25, 0.3) is 0 Å². The van der Waals surface area contributed by atoms with Gasteiger partial charge in [0, 0.05) is 11.6 Å². The van der Waals surface area contributed by atoms with Gasteiger partial charge in [-0.3, -0.25) is 10.2 Å². The van der Waals surface area contributed by atoms with E-state index in [-0.39, 0.29) is 6.17 Å². The molecule has 1 aromatic carbocycles. The number of hydrogen-bond acceptors (Lipinski definition) is 2. The standard InChI is InChI=1S/C12H18N3/c1-15(2)10(8-13)7-9-5-3-4-6-11(9)12(15)14/h3-7,12H,8,13-14H2,1-2H3/q+1. The summed E-state index contributed by atoms with van der Waals surface area (Å²) >= 11 is 0. The minimum atomic E-state index is -0.0234. The van der Waals surface area contributed by atoms with E-state index in [2.05, 4.69) is 32.3 Å². The van der Waals surface area contributed by atoms with Crippen molar-refractivity contribution in [3.8, 4) is 0 Å². The Morgan fingerprint density at radius 2 is 1.93 bits per heavy atom. The summed E-state index contributed by atoms with van der Waals surface area (Å²) < 4.78 is 0.646.